The van der Waals surface area contributed by atoms with E-state index < -0.39 is 22.4 Å². The van der Waals surface area contributed by atoms with Crippen LogP contribution in [0.3, 0.4) is 0 Å². The number of nitrogens with zero attached hydrogens (tertiary/aromatic N) is 1. The summed E-state index contributed by atoms with van der Waals surface area (Å²) < 4.78 is 39.1. The van der Waals surface area contributed by atoms with Crippen LogP contribution < -0.4 is 9.47 Å². The Balaban J connectivity index is 1.69. The van der Waals surface area contributed by atoms with E-state index >= 15 is 0 Å². The van der Waals surface area contributed by atoms with Gasteiger partial charge in [-0.1, -0.05) is 6.07 Å². The van der Waals surface area contributed by atoms with Crippen molar-refractivity contribution in [2.75, 3.05) is 32.3 Å². The number of hydrogen-bond acceptors (Lipinski definition) is 7. The van der Waals surface area contributed by atoms with Crippen LogP contribution in [0, 0.1) is 0 Å². The van der Waals surface area contributed by atoms with Gasteiger partial charge in [0.15, 0.2) is 16.4 Å². The Hall–Kier alpha value is -2.29. The van der Waals surface area contributed by atoms with Crippen molar-refractivity contribution in [3.8, 4) is 11.5 Å². The largest absolute Gasteiger partial charge is 0.496 e. The van der Waals surface area contributed by atoms with Gasteiger partial charge in [0.05, 0.1) is 25.7 Å². The van der Waals surface area contributed by atoms with Crippen LogP contribution in [0.25, 0.3) is 0 Å². The topological polar surface area (TPSA) is 99.2 Å². The molecule has 0 spiro atoms. The van der Waals surface area contributed by atoms with Gasteiger partial charge in [-0.05, 0) is 31.4 Å². The van der Waals surface area contributed by atoms with Gasteiger partial charge in [0, 0.05) is 12.1 Å². The van der Waals surface area contributed by atoms with E-state index in [1.165, 1.54) is 14.2 Å². The molecule has 148 valence electrons. The number of sulfone groups is 1. The van der Waals surface area contributed by atoms with E-state index in [1.54, 1.807) is 23.1 Å². The van der Waals surface area contributed by atoms with Crippen LogP contribution in [0.5, 0.6) is 11.5 Å². The molecule has 27 heavy (non-hydrogen) atoms. The summed E-state index contributed by atoms with van der Waals surface area (Å²) in [6.45, 7) is -0.451. The third-order valence-corrected chi connectivity index (χ3v) is 6.54. The molecule has 0 N–H and O–H groups in total. The fourth-order valence-electron chi connectivity index (χ4n) is 3.38. The minimum Gasteiger partial charge on any atom is -0.496 e. The molecule has 1 amide bonds. The second kappa shape index (κ2) is 7.75. The Bertz CT molecular complexity index is 810. The Morgan fingerprint density at radius 2 is 1.70 bits per heavy atom. The van der Waals surface area contributed by atoms with Crippen LogP contribution in [-0.4, -0.2) is 69.6 Å². The molecule has 1 aliphatic heterocycles. The van der Waals surface area contributed by atoms with Crippen molar-refractivity contribution >= 4 is 21.7 Å². The summed E-state index contributed by atoms with van der Waals surface area (Å²) in [5, 5.41) is 0. The van der Waals surface area contributed by atoms with E-state index in [4.69, 9.17) is 14.2 Å². The molecule has 3 rings (SSSR count). The summed E-state index contributed by atoms with van der Waals surface area (Å²) in [5.74, 6) is -0.467. The molecule has 0 bridgehead atoms. The number of carbonyl (C=O) groups is 2. The summed E-state index contributed by atoms with van der Waals surface area (Å²) in [6.07, 6.45) is 2.12. The lowest BCUT2D eigenvalue weighted by atomic mass is 10.2. The molecule has 1 heterocycles. The molecule has 0 unspecified atom stereocenters. The minimum atomic E-state index is -3.11. The number of hydrogen-bond donors (Lipinski definition) is 0. The quantitative estimate of drug-likeness (QED) is 0.634. The van der Waals surface area contributed by atoms with E-state index in [0.29, 0.717) is 6.42 Å². The third kappa shape index (κ3) is 4.35. The Morgan fingerprint density at radius 1 is 1.07 bits per heavy atom. The number of amides is 1. The maximum Gasteiger partial charge on any atom is 0.346 e. The highest BCUT2D eigenvalue weighted by Crippen LogP contribution is 2.33. The molecule has 2 aliphatic rings. The van der Waals surface area contributed by atoms with Crippen molar-refractivity contribution in [2.24, 2.45) is 0 Å². The van der Waals surface area contributed by atoms with Crippen molar-refractivity contribution < 1.29 is 32.2 Å². The molecule has 0 radical (unpaired) electrons. The lowest BCUT2D eigenvalue weighted by Gasteiger charge is -2.28. The van der Waals surface area contributed by atoms with Crippen molar-refractivity contribution in [2.45, 2.75) is 31.3 Å². The number of methoxy groups -OCH3 is 2. The summed E-state index contributed by atoms with van der Waals surface area (Å²) in [7, 11) is -0.261. The number of benzene rings is 1. The molecular formula is C18H23NO7S. The Kier molecular flexibility index (Phi) is 5.59. The normalized spacial score (nSPS) is 20.7. The van der Waals surface area contributed by atoms with E-state index in [-0.39, 0.29) is 46.6 Å². The average molecular weight is 397 g/mol. The van der Waals surface area contributed by atoms with Gasteiger partial charge in [-0.3, -0.25) is 4.79 Å². The van der Waals surface area contributed by atoms with Gasteiger partial charge < -0.3 is 19.1 Å². The fourth-order valence-corrected chi connectivity index (χ4v) is 5.09. The van der Waals surface area contributed by atoms with E-state index in [0.717, 1.165) is 12.8 Å². The van der Waals surface area contributed by atoms with Gasteiger partial charge >= 0.3 is 5.97 Å². The first kappa shape index (κ1) is 19.5. The second-order valence-electron chi connectivity index (χ2n) is 6.70. The van der Waals surface area contributed by atoms with Crippen molar-refractivity contribution in [3.05, 3.63) is 23.8 Å². The predicted octanol–water partition coefficient (Wildman–Crippen LogP) is 1.04. The zero-order valence-electron chi connectivity index (χ0n) is 15.3. The lowest BCUT2D eigenvalue weighted by Crippen LogP contribution is -2.44. The molecule has 8 nitrogen and oxygen atoms in total. The van der Waals surface area contributed by atoms with Gasteiger partial charge in [-0.15, -0.1) is 0 Å². The van der Waals surface area contributed by atoms with Crippen LogP contribution in [0.15, 0.2) is 18.2 Å². The molecule has 1 atom stereocenters. The fraction of sp³-hybridized carbons (Fsp3) is 0.556. The molecular weight excluding hydrogens is 374 g/mol. The molecule has 1 aliphatic carbocycles. The van der Waals surface area contributed by atoms with E-state index in [9.17, 15) is 18.0 Å². The number of esters is 1. The molecule has 1 aromatic carbocycles. The van der Waals surface area contributed by atoms with E-state index in [1.807, 2.05) is 0 Å². The van der Waals surface area contributed by atoms with Crippen LogP contribution >= 0.6 is 0 Å². The molecule has 1 saturated carbocycles. The lowest BCUT2D eigenvalue weighted by molar-refractivity contribution is -0.137. The molecule has 0 aromatic heterocycles. The second-order valence-corrected chi connectivity index (χ2v) is 8.93. The van der Waals surface area contributed by atoms with Crippen molar-refractivity contribution in [1.29, 1.82) is 0 Å². The zero-order chi connectivity index (χ0) is 19.6. The monoisotopic (exact) mass is 397 g/mol. The maximum atomic E-state index is 12.7. The van der Waals surface area contributed by atoms with Crippen LogP contribution in [0.1, 0.15) is 29.6 Å². The van der Waals surface area contributed by atoms with E-state index in [2.05, 4.69) is 0 Å². The minimum absolute atomic E-state index is 0.0243. The van der Waals surface area contributed by atoms with Gasteiger partial charge in [-0.2, -0.15) is 0 Å². The first-order valence-electron chi connectivity index (χ1n) is 8.76. The highest BCUT2D eigenvalue weighted by Gasteiger charge is 2.42. The zero-order valence-corrected chi connectivity index (χ0v) is 16.2. The summed E-state index contributed by atoms with van der Waals surface area (Å²) in [6, 6.07) is 4.57. The van der Waals surface area contributed by atoms with Crippen LogP contribution in [0.2, 0.25) is 0 Å². The number of ether oxygens (including phenoxy) is 3. The SMILES string of the molecule is COc1cccc(OC)c1C(=O)OCC(=O)N(C1CC1)[C@H]1CCS(=O)(=O)C1. The smallest absolute Gasteiger partial charge is 0.346 e. The average Bonchev–Trinajstić information content (AvgIpc) is 3.41. The van der Waals surface area contributed by atoms with Crippen LogP contribution in [0.4, 0.5) is 0 Å². The van der Waals surface area contributed by atoms with Gasteiger partial charge in [0.1, 0.15) is 17.1 Å². The van der Waals surface area contributed by atoms with Gasteiger partial charge in [-0.25, -0.2) is 13.2 Å². The molecule has 1 saturated heterocycles. The first-order valence-corrected chi connectivity index (χ1v) is 10.6. The number of carbonyl (C=O) groups excluding carboxylic acids is 2. The predicted molar refractivity (Wildman–Crippen MR) is 96.8 cm³/mol. The standard InChI is InChI=1S/C18H23NO7S/c1-24-14-4-3-5-15(25-2)17(14)18(21)26-10-16(20)19(12-6-7-12)13-8-9-27(22,23)11-13/h3-5,12-13H,6-11H2,1-2H3/t13-/m0/s1. The Labute approximate surface area is 158 Å². The number of rotatable bonds is 7. The van der Waals surface area contributed by atoms with Crippen molar-refractivity contribution in [1.82, 2.24) is 4.90 Å². The third-order valence-electron chi connectivity index (χ3n) is 4.79. The molecule has 9 heteroatoms. The molecule has 2 fully saturated rings. The highest BCUT2D eigenvalue weighted by atomic mass is 32.2. The van der Waals surface area contributed by atoms with Gasteiger partial charge in [0.2, 0.25) is 0 Å². The van der Waals surface area contributed by atoms with Crippen molar-refractivity contribution in [3.63, 3.8) is 0 Å². The Morgan fingerprint density at radius 3 is 2.19 bits per heavy atom. The van der Waals surface area contributed by atoms with Crippen LogP contribution in [-0.2, 0) is 19.4 Å². The summed E-state index contributed by atoms with van der Waals surface area (Å²) in [4.78, 5) is 26.7. The maximum absolute atomic E-state index is 12.7. The molecule has 1 aromatic rings. The summed E-state index contributed by atoms with van der Waals surface area (Å²) >= 11 is 0. The first-order chi connectivity index (χ1) is 12.9. The van der Waals surface area contributed by atoms with Gasteiger partial charge in [0.25, 0.3) is 5.91 Å². The summed E-state index contributed by atoms with van der Waals surface area (Å²) in [5.41, 5.74) is 0.108. The highest BCUT2D eigenvalue weighted by molar-refractivity contribution is 7.91.